The minimum absolute atomic E-state index is 0.0504. The van der Waals surface area contributed by atoms with Gasteiger partial charge in [0.15, 0.2) is 11.3 Å². The van der Waals surface area contributed by atoms with Gasteiger partial charge in [-0.15, -0.1) is 0 Å². The number of hydrogen-bond donors (Lipinski definition) is 0. The van der Waals surface area contributed by atoms with Crippen molar-refractivity contribution in [3.63, 3.8) is 0 Å². The van der Waals surface area contributed by atoms with Gasteiger partial charge in [0.1, 0.15) is 5.82 Å². The zero-order valence-electron chi connectivity index (χ0n) is 15.9. The lowest BCUT2D eigenvalue weighted by molar-refractivity contribution is 0.0697. The van der Waals surface area contributed by atoms with Crippen LogP contribution in [0.5, 0.6) is 0 Å². The van der Waals surface area contributed by atoms with E-state index in [2.05, 4.69) is 30.7 Å². The van der Waals surface area contributed by atoms with Gasteiger partial charge in [0.05, 0.1) is 6.54 Å². The Morgan fingerprint density at radius 1 is 1.14 bits per heavy atom. The number of nitrogens with zero attached hydrogens (tertiary/aromatic N) is 7. The topological polar surface area (TPSA) is 81.2 Å². The molecular formula is C21H21N7O. The lowest BCUT2D eigenvalue weighted by Crippen LogP contribution is -2.40. The van der Waals surface area contributed by atoms with E-state index in [0.29, 0.717) is 17.9 Å². The predicted octanol–water partition coefficient (Wildman–Crippen LogP) is 2.39. The molecular weight excluding hydrogens is 366 g/mol. The maximum absolute atomic E-state index is 13.0. The van der Waals surface area contributed by atoms with Gasteiger partial charge >= 0.3 is 0 Å². The van der Waals surface area contributed by atoms with E-state index >= 15 is 0 Å². The molecule has 0 radical (unpaired) electrons. The minimum Gasteiger partial charge on any atom is -0.337 e. The number of likely N-dealkylation sites (tertiary alicyclic amines) is 1. The molecule has 5 rings (SSSR count). The molecule has 1 aliphatic heterocycles. The Morgan fingerprint density at radius 2 is 2.10 bits per heavy atom. The van der Waals surface area contributed by atoms with Crippen molar-refractivity contribution in [3.8, 4) is 0 Å². The van der Waals surface area contributed by atoms with Crippen LogP contribution in [-0.4, -0.2) is 53.0 Å². The van der Waals surface area contributed by atoms with E-state index < -0.39 is 0 Å². The van der Waals surface area contributed by atoms with Crippen LogP contribution >= 0.6 is 0 Å². The highest BCUT2D eigenvalue weighted by Gasteiger charge is 2.29. The predicted molar refractivity (Wildman–Crippen MR) is 106 cm³/mol. The monoisotopic (exact) mass is 387 g/mol. The van der Waals surface area contributed by atoms with Gasteiger partial charge in [0, 0.05) is 62.3 Å². The van der Waals surface area contributed by atoms with E-state index in [1.54, 1.807) is 35.2 Å². The molecule has 1 fully saturated rings. The van der Waals surface area contributed by atoms with Crippen LogP contribution in [0, 0.1) is 0 Å². The fraction of sp³-hybridized carbons (Fsp3) is 0.286. The average Bonchev–Trinajstić information content (AvgIpc) is 3.41. The Kier molecular flexibility index (Phi) is 4.51. The number of fused-ring (bicyclic) bond motifs is 1. The zero-order valence-corrected chi connectivity index (χ0v) is 15.9. The average molecular weight is 387 g/mol. The fourth-order valence-electron chi connectivity index (χ4n) is 3.97. The summed E-state index contributed by atoms with van der Waals surface area (Å²) in [5.74, 6) is 1.17. The number of hydrogen-bond acceptors (Lipinski definition) is 5. The van der Waals surface area contributed by atoms with Crippen molar-refractivity contribution < 1.29 is 4.79 Å². The van der Waals surface area contributed by atoms with Crippen LogP contribution in [0.15, 0.2) is 61.4 Å². The molecule has 1 saturated heterocycles. The van der Waals surface area contributed by atoms with Gasteiger partial charge in [-0.3, -0.25) is 9.78 Å². The third-order valence-electron chi connectivity index (χ3n) is 5.35. The Hall–Kier alpha value is -3.55. The highest BCUT2D eigenvalue weighted by Crippen LogP contribution is 2.27. The lowest BCUT2D eigenvalue weighted by atomic mass is 9.96. The molecule has 0 spiro atoms. The number of aromatic nitrogens is 6. The first-order valence-electron chi connectivity index (χ1n) is 9.77. The van der Waals surface area contributed by atoms with Gasteiger partial charge in [-0.25, -0.2) is 14.5 Å². The zero-order chi connectivity index (χ0) is 19.6. The van der Waals surface area contributed by atoms with Crippen LogP contribution in [0.2, 0.25) is 0 Å². The van der Waals surface area contributed by atoms with Crippen molar-refractivity contribution in [2.45, 2.75) is 25.3 Å². The number of rotatable bonds is 4. The third kappa shape index (κ3) is 3.49. The molecule has 0 saturated carbocycles. The smallest absolute Gasteiger partial charge is 0.274 e. The van der Waals surface area contributed by atoms with Crippen molar-refractivity contribution in [3.05, 3.63) is 78.5 Å². The maximum Gasteiger partial charge on any atom is 0.274 e. The number of pyridine rings is 1. The molecule has 1 atom stereocenters. The fourth-order valence-corrected chi connectivity index (χ4v) is 3.97. The van der Waals surface area contributed by atoms with Crippen LogP contribution in [0.3, 0.4) is 0 Å². The van der Waals surface area contributed by atoms with E-state index in [-0.39, 0.29) is 11.8 Å². The minimum atomic E-state index is -0.0504. The number of carbonyl (C=O) groups excluding carboxylic acids is 1. The molecule has 0 bridgehead atoms. The van der Waals surface area contributed by atoms with Gasteiger partial charge in [-0.1, -0.05) is 6.07 Å². The molecule has 29 heavy (non-hydrogen) atoms. The highest BCUT2D eigenvalue weighted by atomic mass is 16.2. The molecule has 4 aromatic heterocycles. The Morgan fingerprint density at radius 3 is 2.97 bits per heavy atom. The van der Waals surface area contributed by atoms with Crippen molar-refractivity contribution in [2.24, 2.45) is 0 Å². The standard InChI is InChI=1S/C21H21N7O/c29-21(18-12-19-23-7-3-10-28(19)25-18)27-9-2-5-17(15-27)20-24-8-11-26(20)14-16-4-1-6-22-13-16/h1,3-4,6-8,10-13,17H,2,5,9,14-15H2. The van der Waals surface area contributed by atoms with Crippen LogP contribution in [0.1, 0.15) is 40.6 Å². The van der Waals surface area contributed by atoms with Crippen molar-refractivity contribution in [1.82, 2.24) is 34.0 Å². The van der Waals surface area contributed by atoms with Gasteiger partial charge in [0.25, 0.3) is 5.91 Å². The summed E-state index contributed by atoms with van der Waals surface area (Å²) in [6.07, 6.45) is 12.9. The second-order valence-corrected chi connectivity index (χ2v) is 7.32. The van der Waals surface area contributed by atoms with Gasteiger partial charge in [-0.05, 0) is 30.5 Å². The number of piperidine rings is 1. The van der Waals surface area contributed by atoms with E-state index in [0.717, 1.165) is 37.3 Å². The second-order valence-electron chi connectivity index (χ2n) is 7.32. The summed E-state index contributed by atoms with van der Waals surface area (Å²) >= 11 is 0. The van der Waals surface area contributed by atoms with Gasteiger partial charge in [0.2, 0.25) is 0 Å². The van der Waals surface area contributed by atoms with Crippen LogP contribution in [0.4, 0.5) is 0 Å². The van der Waals surface area contributed by atoms with Crippen LogP contribution < -0.4 is 0 Å². The van der Waals surface area contributed by atoms with Crippen LogP contribution in [0.25, 0.3) is 5.65 Å². The lowest BCUT2D eigenvalue weighted by Gasteiger charge is -2.32. The molecule has 4 aromatic rings. The summed E-state index contributed by atoms with van der Waals surface area (Å²) in [5.41, 5.74) is 2.24. The SMILES string of the molecule is O=C(c1cc2ncccn2n1)N1CCCC(c2nccn2Cc2cccnc2)C1. The molecule has 5 heterocycles. The van der Waals surface area contributed by atoms with Gasteiger partial charge in [-0.2, -0.15) is 5.10 Å². The summed E-state index contributed by atoms with van der Waals surface area (Å²) in [6, 6.07) is 7.55. The molecule has 1 amide bonds. The second kappa shape index (κ2) is 7.46. The van der Waals surface area contributed by atoms with Crippen molar-refractivity contribution in [2.75, 3.05) is 13.1 Å². The Bertz CT molecular complexity index is 1100. The molecule has 0 aliphatic carbocycles. The highest BCUT2D eigenvalue weighted by molar-refractivity contribution is 5.93. The van der Waals surface area contributed by atoms with Gasteiger partial charge < -0.3 is 9.47 Å². The molecule has 0 N–H and O–H groups in total. The molecule has 8 heteroatoms. The number of imidazole rings is 1. The molecule has 8 nitrogen and oxygen atoms in total. The first-order valence-corrected chi connectivity index (χ1v) is 9.77. The summed E-state index contributed by atoms with van der Waals surface area (Å²) in [4.78, 5) is 28.0. The largest absolute Gasteiger partial charge is 0.337 e. The number of amides is 1. The normalized spacial score (nSPS) is 17.0. The molecule has 0 aromatic carbocycles. The first-order chi connectivity index (χ1) is 14.3. The van der Waals surface area contributed by atoms with Crippen molar-refractivity contribution in [1.29, 1.82) is 0 Å². The third-order valence-corrected chi connectivity index (χ3v) is 5.35. The summed E-state index contributed by atoms with van der Waals surface area (Å²) < 4.78 is 3.79. The van der Waals surface area contributed by atoms with Crippen LogP contribution in [-0.2, 0) is 6.54 Å². The quantitative estimate of drug-likeness (QED) is 0.537. The van der Waals surface area contributed by atoms with E-state index in [4.69, 9.17) is 0 Å². The summed E-state index contributed by atoms with van der Waals surface area (Å²) in [6.45, 7) is 2.11. The van der Waals surface area contributed by atoms with E-state index in [9.17, 15) is 4.79 Å². The Balaban J connectivity index is 1.34. The molecule has 146 valence electrons. The van der Waals surface area contributed by atoms with Crippen molar-refractivity contribution >= 4 is 11.6 Å². The molecule has 1 unspecified atom stereocenters. The maximum atomic E-state index is 13.0. The van der Waals surface area contributed by atoms with E-state index in [1.807, 2.05) is 29.6 Å². The Labute approximate surface area is 167 Å². The number of carbonyl (C=O) groups is 1. The summed E-state index contributed by atoms with van der Waals surface area (Å²) in [7, 11) is 0. The first kappa shape index (κ1) is 17.5. The van der Waals surface area contributed by atoms with E-state index in [1.165, 1.54) is 0 Å². The molecule has 1 aliphatic rings. The summed E-state index contributed by atoms with van der Waals surface area (Å²) in [5, 5.41) is 4.38.